The molecule has 1 fully saturated rings. The van der Waals surface area contributed by atoms with Crippen LogP contribution in [0, 0.1) is 6.92 Å². The number of aromatic nitrogens is 2. The Bertz CT molecular complexity index is 1270. The number of rotatable bonds is 5. The lowest BCUT2D eigenvalue weighted by Crippen LogP contribution is -2.40. The number of nitrogens with one attached hydrogen (secondary N) is 1. The summed E-state index contributed by atoms with van der Waals surface area (Å²) in [5.74, 6) is 0.511. The summed E-state index contributed by atoms with van der Waals surface area (Å²) in [5, 5.41) is 2.74. The molecule has 0 bridgehead atoms. The number of aryl methyl sites for hydroxylation is 1. The van der Waals surface area contributed by atoms with Crippen LogP contribution in [0.15, 0.2) is 47.4 Å². The zero-order chi connectivity index (χ0) is 22.3. The maximum absolute atomic E-state index is 13.2. The molecule has 0 spiro atoms. The number of urea groups is 1. The van der Waals surface area contributed by atoms with Gasteiger partial charge in [-0.1, -0.05) is 12.1 Å². The monoisotopic (exact) mass is 422 g/mol. The number of carbonyl (C=O) groups is 2. The lowest BCUT2D eigenvalue weighted by atomic mass is 9.91. The van der Waals surface area contributed by atoms with Gasteiger partial charge < -0.3 is 14.8 Å². The number of ether oxygens (including phenoxy) is 2. The van der Waals surface area contributed by atoms with E-state index >= 15 is 0 Å². The van der Waals surface area contributed by atoms with Gasteiger partial charge in [0.25, 0.3) is 11.5 Å². The van der Waals surface area contributed by atoms with Crippen molar-refractivity contribution in [2.75, 3.05) is 14.2 Å². The third-order valence-electron chi connectivity index (χ3n) is 5.42. The first-order valence-corrected chi connectivity index (χ1v) is 9.62. The fourth-order valence-corrected chi connectivity index (χ4v) is 3.68. The fourth-order valence-electron chi connectivity index (χ4n) is 3.68. The molecule has 9 heteroatoms. The molecular formula is C22H22N4O5. The summed E-state index contributed by atoms with van der Waals surface area (Å²) in [6, 6.07) is 9.37. The number of imide groups is 1. The predicted octanol–water partition coefficient (Wildman–Crippen LogP) is 1.99. The Morgan fingerprint density at radius 3 is 2.48 bits per heavy atom. The molecule has 1 aromatic carbocycles. The number of carbonyl (C=O) groups excluding carboxylic acids is 2. The van der Waals surface area contributed by atoms with Gasteiger partial charge in [0.2, 0.25) is 0 Å². The first kappa shape index (κ1) is 20.4. The molecule has 1 atom stereocenters. The fraction of sp³-hybridized carbons (Fsp3) is 0.273. The molecule has 3 aromatic rings. The van der Waals surface area contributed by atoms with Gasteiger partial charge in [0.1, 0.15) is 11.2 Å². The van der Waals surface area contributed by atoms with Crippen LogP contribution in [0.2, 0.25) is 0 Å². The molecule has 0 saturated carbocycles. The Labute approximate surface area is 178 Å². The summed E-state index contributed by atoms with van der Waals surface area (Å²) in [7, 11) is 3.01. The van der Waals surface area contributed by atoms with Gasteiger partial charge in [-0.2, -0.15) is 0 Å². The van der Waals surface area contributed by atoms with Crippen molar-refractivity contribution in [2.45, 2.75) is 25.9 Å². The minimum atomic E-state index is -1.29. The molecule has 1 aliphatic rings. The van der Waals surface area contributed by atoms with E-state index in [4.69, 9.17) is 9.47 Å². The standard InChI is InChI=1S/C22H22N4O5/c1-13-5-8-18-23-15(10-19(27)25(18)11-13)12-26-20(28)22(2,24-21(26)29)14-6-7-16(30-3)17(9-14)31-4/h5-11H,12H2,1-4H3,(H,24,29)/t22-/m0/s1. The van der Waals surface area contributed by atoms with Crippen molar-refractivity contribution in [2.24, 2.45) is 0 Å². The number of amides is 3. The average Bonchev–Trinajstić information content (AvgIpc) is 2.97. The highest BCUT2D eigenvalue weighted by molar-refractivity contribution is 6.07. The van der Waals surface area contributed by atoms with Crippen LogP contribution in [-0.2, 0) is 16.9 Å². The number of benzene rings is 1. The van der Waals surface area contributed by atoms with E-state index in [0.29, 0.717) is 28.4 Å². The number of methoxy groups -OCH3 is 2. The van der Waals surface area contributed by atoms with Crippen LogP contribution in [-0.4, -0.2) is 40.4 Å². The van der Waals surface area contributed by atoms with Gasteiger partial charge in [-0.25, -0.2) is 9.78 Å². The Kier molecular flexibility index (Phi) is 4.88. The lowest BCUT2D eigenvalue weighted by molar-refractivity contribution is -0.131. The van der Waals surface area contributed by atoms with E-state index in [1.54, 1.807) is 37.4 Å². The second kappa shape index (κ2) is 7.42. The van der Waals surface area contributed by atoms with Crippen LogP contribution in [0.4, 0.5) is 4.79 Å². The van der Waals surface area contributed by atoms with E-state index < -0.39 is 17.5 Å². The molecule has 0 aliphatic carbocycles. The number of nitrogens with zero attached hydrogens (tertiary/aromatic N) is 3. The van der Waals surface area contributed by atoms with Gasteiger partial charge in [0, 0.05) is 12.3 Å². The van der Waals surface area contributed by atoms with Gasteiger partial charge in [-0.15, -0.1) is 0 Å². The number of fused-ring (bicyclic) bond motifs is 1. The number of pyridine rings is 1. The molecule has 0 unspecified atom stereocenters. The van der Waals surface area contributed by atoms with Gasteiger partial charge in [0.15, 0.2) is 11.5 Å². The molecule has 0 radical (unpaired) electrons. The maximum atomic E-state index is 13.2. The first-order valence-electron chi connectivity index (χ1n) is 9.62. The average molecular weight is 422 g/mol. The van der Waals surface area contributed by atoms with Crippen LogP contribution < -0.4 is 20.3 Å². The molecule has 160 valence electrons. The van der Waals surface area contributed by atoms with Gasteiger partial charge >= 0.3 is 6.03 Å². The highest BCUT2D eigenvalue weighted by Crippen LogP contribution is 2.35. The largest absolute Gasteiger partial charge is 0.493 e. The Morgan fingerprint density at radius 1 is 1.03 bits per heavy atom. The number of hydrogen-bond donors (Lipinski definition) is 1. The first-order chi connectivity index (χ1) is 14.8. The van der Waals surface area contributed by atoms with Crippen molar-refractivity contribution in [1.29, 1.82) is 0 Å². The van der Waals surface area contributed by atoms with Crippen molar-refractivity contribution in [3.05, 3.63) is 69.8 Å². The molecule has 3 heterocycles. The molecular weight excluding hydrogens is 400 g/mol. The third-order valence-corrected chi connectivity index (χ3v) is 5.42. The van der Waals surface area contributed by atoms with Gasteiger partial charge in [-0.05, 0) is 43.2 Å². The number of hydrogen-bond acceptors (Lipinski definition) is 6. The molecule has 4 rings (SSSR count). The second-order valence-corrected chi connectivity index (χ2v) is 7.54. The minimum Gasteiger partial charge on any atom is -0.493 e. The van der Waals surface area contributed by atoms with Gasteiger partial charge in [0.05, 0.1) is 26.5 Å². The molecule has 1 aliphatic heterocycles. The van der Waals surface area contributed by atoms with Crippen LogP contribution in [0.3, 0.4) is 0 Å². The van der Waals surface area contributed by atoms with Crippen molar-refractivity contribution < 1.29 is 19.1 Å². The molecule has 1 N–H and O–H groups in total. The van der Waals surface area contributed by atoms with E-state index in [-0.39, 0.29) is 12.1 Å². The van der Waals surface area contributed by atoms with Crippen LogP contribution in [0.5, 0.6) is 11.5 Å². The molecule has 31 heavy (non-hydrogen) atoms. The van der Waals surface area contributed by atoms with Crippen LogP contribution in [0.1, 0.15) is 23.7 Å². The van der Waals surface area contributed by atoms with Crippen LogP contribution in [0.25, 0.3) is 5.65 Å². The minimum absolute atomic E-state index is 0.118. The van der Waals surface area contributed by atoms with E-state index in [2.05, 4.69) is 10.3 Å². The third kappa shape index (κ3) is 3.37. The zero-order valence-electron chi connectivity index (χ0n) is 17.6. The second-order valence-electron chi connectivity index (χ2n) is 7.54. The van der Waals surface area contributed by atoms with Crippen molar-refractivity contribution in [3.63, 3.8) is 0 Å². The predicted molar refractivity (Wildman–Crippen MR) is 112 cm³/mol. The highest BCUT2D eigenvalue weighted by Gasteiger charge is 2.49. The molecule has 9 nitrogen and oxygen atoms in total. The molecule has 1 saturated heterocycles. The normalized spacial score (nSPS) is 18.4. The summed E-state index contributed by atoms with van der Waals surface area (Å²) in [4.78, 5) is 43.9. The van der Waals surface area contributed by atoms with Crippen LogP contribution >= 0.6 is 0 Å². The smallest absolute Gasteiger partial charge is 0.325 e. The van der Waals surface area contributed by atoms with Crippen molar-refractivity contribution >= 4 is 17.6 Å². The zero-order valence-corrected chi connectivity index (χ0v) is 17.6. The summed E-state index contributed by atoms with van der Waals surface area (Å²) in [6.07, 6.45) is 1.69. The Balaban J connectivity index is 1.67. The van der Waals surface area contributed by atoms with E-state index in [1.165, 1.54) is 24.7 Å². The molecule has 2 aromatic heterocycles. The topological polar surface area (TPSA) is 102 Å². The Morgan fingerprint density at radius 2 is 1.77 bits per heavy atom. The van der Waals surface area contributed by atoms with Crippen molar-refractivity contribution in [1.82, 2.24) is 19.6 Å². The summed E-state index contributed by atoms with van der Waals surface area (Å²) in [5.41, 5.74) is 0.673. The SMILES string of the molecule is COc1ccc([C@]2(C)NC(=O)N(Cc3cc(=O)n4cc(C)ccc4n3)C2=O)cc1OC. The summed E-state index contributed by atoms with van der Waals surface area (Å²) >= 11 is 0. The quantitative estimate of drug-likeness (QED) is 0.631. The highest BCUT2D eigenvalue weighted by atomic mass is 16.5. The summed E-state index contributed by atoms with van der Waals surface area (Å²) in [6.45, 7) is 3.38. The van der Waals surface area contributed by atoms with Crippen molar-refractivity contribution in [3.8, 4) is 11.5 Å². The Hall–Kier alpha value is -3.88. The van der Waals surface area contributed by atoms with E-state index in [9.17, 15) is 14.4 Å². The maximum Gasteiger partial charge on any atom is 0.325 e. The van der Waals surface area contributed by atoms with E-state index in [0.717, 1.165) is 10.5 Å². The van der Waals surface area contributed by atoms with Gasteiger partial charge in [-0.3, -0.25) is 18.9 Å². The summed E-state index contributed by atoms with van der Waals surface area (Å²) < 4.78 is 12.0. The molecule has 3 amide bonds. The van der Waals surface area contributed by atoms with E-state index in [1.807, 2.05) is 13.0 Å². The lowest BCUT2D eigenvalue weighted by Gasteiger charge is -2.23.